The van der Waals surface area contributed by atoms with Crippen molar-refractivity contribution in [1.29, 1.82) is 0 Å². The van der Waals surface area contributed by atoms with Gasteiger partial charge in [-0.3, -0.25) is 9.78 Å². The maximum absolute atomic E-state index is 13.2. The standard InChI is InChI=1S/C32H30N4O3/c1-18-16-25-22(6-8-24(36-25)21-11-14-34-35-17-21)29(27(18)31(19(2)37)39-32(3,4)5)23-7-9-26-28-20(12-15-38-26)10-13-33-30(23)28/h6-11,13-14,16-17,31H,12,15H2,1-5H3/t31-/m1/s1. The maximum Gasteiger partial charge on any atom is 0.163 e. The van der Waals surface area contributed by atoms with Gasteiger partial charge in [0, 0.05) is 34.5 Å². The lowest BCUT2D eigenvalue weighted by Crippen LogP contribution is -2.27. The Balaban J connectivity index is 1.70. The number of carbonyl (C=O) groups is 1. The van der Waals surface area contributed by atoms with Crippen LogP contribution in [0.1, 0.15) is 50.5 Å². The van der Waals surface area contributed by atoms with E-state index in [1.165, 1.54) is 5.56 Å². The number of fused-ring (bicyclic) bond motifs is 1. The molecule has 0 saturated heterocycles. The Hall–Kier alpha value is -4.23. The lowest BCUT2D eigenvalue weighted by atomic mass is 9.85. The van der Waals surface area contributed by atoms with Gasteiger partial charge in [-0.05, 0) is 93.3 Å². The van der Waals surface area contributed by atoms with Crippen molar-refractivity contribution in [1.82, 2.24) is 20.2 Å². The second-order valence-corrected chi connectivity index (χ2v) is 11.0. The molecule has 39 heavy (non-hydrogen) atoms. The molecule has 1 aliphatic heterocycles. The molecule has 196 valence electrons. The summed E-state index contributed by atoms with van der Waals surface area (Å²) in [4.78, 5) is 23.0. The lowest BCUT2D eigenvalue weighted by Gasteiger charge is -2.30. The van der Waals surface area contributed by atoms with E-state index in [9.17, 15) is 4.79 Å². The first-order valence-corrected chi connectivity index (χ1v) is 13.1. The zero-order valence-electron chi connectivity index (χ0n) is 22.8. The van der Waals surface area contributed by atoms with Crippen LogP contribution in [0, 0.1) is 6.92 Å². The number of carbonyl (C=O) groups excluding carboxylic acids is 1. The number of aromatic nitrogens is 4. The highest BCUT2D eigenvalue weighted by Crippen LogP contribution is 2.45. The number of hydrogen-bond acceptors (Lipinski definition) is 7. The van der Waals surface area contributed by atoms with E-state index in [-0.39, 0.29) is 5.78 Å². The SMILES string of the molecule is CC(=O)[C@@H](OC(C)(C)C)c1c(C)cc2nc(-c3ccnnc3)ccc2c1-c1ccc2c3c(ccnc13)CCO2. The Morgan fingerprint density at radius 3 is 2.64 bits per heavy atom. The van der Waals surface area contributed by atoms with E-state index in [1.54, 1.807) is 19.3 Å². The van der Waals surface area contributed by atoms with Crippen LogP contribution < -0.4 is 4.74 Å². The molecule has 7 nitrogen and oxygen atoms in total. The van der Waals surface area contributed by atoms with Crippen LogP contribution in [-0.4, -0.2) is 38.2 Å². The molecule has 6 rings (SSSR count). The third-order valence-corrected chi connectivity index (χ3v) is 7.06. The minimum Gasteiger partial charge on any atom is -0.493 e. The fourth-order valence-electron chi connectivity index (χ4n) is 5.45. The number of benzene rings is 2. The lowest BCUT2D eigenvalue weighted by molar-refractivity contribution is -0.138. The maximum atomic E-state index is 13.2. The van der Waals surface area contributed by atoms with E-state index in [4.69, 9.17) is 19.4 Å². The predicted octanol–water partition coefficient (Wildman–Crippen LogP) is 6.60. The molecular formula is C32H30N4O3. The van der Waals surface area contributed by atoms with Gasteiger partial charge in [-0.25, -0.2) is 4.98 Å². The minimum atomic E-state index is -0.754. The van der Waals surface area contributed by atoms with Crippen molar-refractivity contribution in [2.75, 3.05) is 6.61 Å². The van der Waals surface area contributed by atoms with Gasteiger partial charge < -0.3 is 9.47 Å². The van der Waals surface area contributed by atoms with Gasteiger partial charge in [-0.15, -0.1) is 0 Å². The molecule has 1 aliphatic rings. The Morgan fingerprint density at radius 2 is 1.90 bits per heavy atom. The van der Waals surface area contributed by atoms with Gasteiger partial charge in [0.1, 0.15) is 11.9 Å². The average molecular weight is 519 g/mol. The number of hydrogen-bond donors (Lipinski definition) is 0. The van der Waals surface area contributed by atoms with Crippen LogP contribution >= 0.6 is 0 Å². The monoisotopic (exact) mass is 518 g/mol. The summed E-state index contributed by atoms with van der Waals surface area (Å²) in [5, 5.41) is 9.85. The molecule has 0 amide bonds. The van der Waals surface area contributed by atoms with Gasteiger partial charge in [-0.2, -0.15) is 10.2 Å². The molecule has 0 bridgehead atoms. The predicted molar refractivity (Wildman–Crippen MR) is 152 cm³/mol. The number of ketones is 1. The zero-order valence-corrected chi connectivity index (χ0v) is 22.8. The molecule has 7 heteroatoms. The summed E-state index contributed by atoms with van der Waals surface area (Å²) < 4.78 is 12.4. The quantitative estimate of drug-likeness (QED) is 0.259. The zero-order chi connectivity index (χ0) is 27.3. The van der Waals surface area contributed by atoms with Crippen molar-refractivity contribution in [3.8, 4) is 28.1 Å². The summed E-state index contributed by atoms with van der Waals surface area (Å²) in [6.07, 6.45) is 5.29. The molecule has 0 spiro atoms. The molecule has 0 saturated carbocycles. The molecule has 3 aromatic heterocycles. The Morgan fingerprint density at radius 1 is 1.05 bits per heavy atom. The van der Waals surface area contributed by atoms with Crippen molar-refractivity contribution in [2.24, 2.45) is 0 Å². The highest BCUT2D eigenvalue weighted by Gasteiger charge is 2.31. The van der Waals surface area contributed by atoms with Gasteiger partial charge in [0.25, 0.3) is 0 Å². The highest BCUT2D eigenvalue weighted by atomic mass is 16.5. The molecule has 0 fully saturated rings. The second kappa shape index (κ2) is 9.50. The molecule has 0 unspecified atom stereocenters. The Kier molecular flexibility index (Phi) is 6.11. The molecule has 0 radical (unpaired) electrons. The summed E-state index contributed by atoms with van der Waals surface area (Å²) in [6, 6.07) is 14.1. The van der Waals surface area contributed by atoms with E-state index < -0.39 is 11.7 Å². The number of Topliss-reactive ketones (excluding diaryl/α,β-unsaturated/α-hetero) is 1. The third-order valence-electron chi connectivity index (χ3n) is 7.06. The van der Waals surface area contributed by atoms with Gasteiger partial charge in [0.2, 0.25) is 0 Å². The number of rotatable bonds is 5. The first kappa shape index (κ1) is 25.1. The van der Waals surface area contributed by atoms with Crippen molar-refractivity contribution in [3.63, 3.8) is 0 Å². The minimum absolute atomic E-state index is 0.0555. The van der Waals surface area contributed by atoms with Crippen LogP contribution in [0.2, 0.25) is 0 Å². The first-order valence-electron chi connectivity index (χ1n) is 13.1. The van der Waals surface area contributed by atoms with Crippen LogP contribution in [0.3, 0.4) is 0 Å². The largest absolute Gasteiger partial charge is 0.493 e. The smallest absolute Gasteiger partial charge is 0.163 e. The first-order chi connectivity index (χ1) is 18.7. The number of ether oxygens (including phenoxy) is 2. The number of nitrogens with zero attached hydrogens (tertiary/aromatic N) is 4. The van der Waals surface area contributed by atoms with Crippen LogP contribution in [-0.2, 0) is 16.0 Å². The topological polar surface area (TPSA) is 87.1 Å². The van der Waals surface area contributed by atoms with Crippen molar-refractivity contribution in [3.05, 3.63) is 77.7 Å². The molecule has 0 aliphatic carbocycles. The fraction of sp³-hybridized carbons (Fsp3) is 0.281. The fourth-order valence-corrected chi connectivity index (χ4v) is 5.45. The summed E-state index contributed by atoms with van der Waals surface area (Å²) in [5.41, 5.74) is 7.62. The van der Waals surface area contributed by atoms with Crippen molar-refractivity contribution < 1.29 is 14.3 Å². The molecule has 1 atom stereocenters. The number of aryl methyl sites for hydroxylation is 1. The van der Waals surface area contributed by atoms with Crippen LogP contribution in [0.25, 0.3) is 44.2 Å². The molecular weight excluding hydrogens is 488 g/mol. The number of pyridine rings is 2. The van der Waals surface area contributed by atoms with Gasteiger partial charge in [0.05, 0.1) is 41.3 Å². The van der Waals surface area contributed by atoms with Crippen LogP contribution in [0.15, 0.2) is 61.1 Å². The van der Waals surface area contributed by atoms with Crippen LogP contribution in [0.4, 0.5) is 0 Å². The highest BCUT2D eigenvalue weighted by molar-refractivity contribution is 6.08. The average Bonchev–Trinajstić information content (AvgIpc) is 2.91. The molecule has 4 heterocycles. The normalized spacial score (nSPS) is 13.9. The molecule has 0 N–H and O–H groups in total. The summed E-state index contributed by atoms with van der Waals surface area (Å²) in [7, 11) is 0. The van der Waals surface area contributed by atoms with E-state index in [2.05, 4.69) is 22.3 Å². The Labute approximate surface area is 227 Å². The van der Waals surface area contributed by atoms with E-state index in [0.29, 0.717) is 6.61 Å². The van der Waals surface area contributed by atoms with Gasteiger partial charge in [-0.1, -0.05) is 6.07 Å². The molecule has 5 aromatic rings. The molecule has 2 aromatic carbocycles. The van der Waals surface area contributed by atoms with Crippen molar-refractivity contribution in [2.45, 2.75) is 52.7 Å². The third kappa shape index (κ3) is 4.53. The van der Waals surface area contributed by atoms with E-state index in [1.807, 2.05) is 64.2 Å². The summed E-state index contributed by atoms with van der Waals surface area (Å²) in [6.45, 7) is 10.2. The summed E-state index contributed by atoms with van der Waals surface area (Å²) in [5.74, 6) is 0.779. The van der Waals surface area contributed by atoms with Crippen LogP contribution in [0.5, 0.6) is 5.75 Å². The van der Waals surface area contributed by atoms with Gasteiger partial charge in [0.15, 0.2) is 5.78 Å². The van der Waals surface area contributed by atoms with Crippen molar-refractivity contribution >= 4 is 27.6 Å². The van der Waals surface area contributed by atoms with Gasteiger partial charge >= 0.3 is 0 Å². The Bertz CT molecular complexity index is 1730. The summed E-state index contributed by atoms with van der Waals surface area (Å²) >= 11 is 0. The van der Waals surface area contributed by atoms with E-state index >= 15 is 0 Å². The second-order valence-electron chi connectivity index (χ2n) is 11.0. The van der Waals surface area contributed by atoms with E-state index in [0.717, 1.165) is 67.5 Å².